The molecule has 3 heteroatoms. The van der Waals surface area contributed by atoms with Crippen LogP contribution in [0.3, 0.4) is 0 Å². The van der Waals surface area contributed by atoms with Crippen LogP contribution in [0.4, 0.5) is 4.39 Å². The lowest BCUT2D eigenvalue weighted by Crippen LogP contribution is -2.25. The van der Waals surface area contributed by atoms with E-state index in [1.807, 2.05) is 78.9 Å². The molecule has 25 heavy (non-hydrogen) atoms. The summed E-state index contributed by atoms with van der Waals surface area (Å²) in [7, 11) is -3.15. The van der Waals surface area contributed by atoms with E-state index in [2.05, 4.69) is 0 Å². The van der Waals surface area contributed by atoms with E-state index in [0.29, 0.717) is 21.3 Å². The maximum atomic E-state index is 14.7. The fourth-order valence-electron chi connectivity index (χ4n) is 3.15. The Bertz CT molecular complexity index is 1030. The molecule has 0 bridgehead atoms. The molecule has 0 radical (unpaired) electrons. The molecule has 0 aliphatic rings. The Kier molecular flexibility index (Phi) is 3.99. The minimum absolute atomic E-state index is 0.347. The summed E-state index contributed by atoms with van der Waals surface area (Å²) in [5.74, 6) is -0.347. The van der Waals surface area contributed by atoms with Crippen LogP contribution in [-0.4, -0.2) is 0 Å². The summed E-state index contributed by atoms with van der Waals surface area (Å²) < 4.78 is 28.9. The molecule has 0 aliphatic carbocycles. The number of benzene rings is 4. The van der Waals surface area contributed by atoms with Gasteiger partial charge in [-0.1, -0.05) is 84.9 Å². The molecule has 122 valence electrons. The highest BCUT2D eigenvalue weighted by molar-refractivity contribution is 7.85. The second-order valence-electron chi connectivity index (χ2n) is 5.93. The second-order valence-corrected chi connectivity index (χ2v) is 8.70. The molecule has 1 nitrogen and oxygen atoms in total. The van der Waals surface area contributed by atoms with E-state index < -0.39 is 7.14 Å². The number of hydrogen-bond acceptors (Lipinski definition) is 1. The highest BCUT2D eigenvalue weighted by Crippen LogP contribution is 2.43. The summed E-state index contributed by atoms with van der Waals surface area (Å²) >= 11 is 0. The van der Waals surface area contributed by atoms with Crippen LogP contribution < -0.4 is 15.9 Å². The van der Waals surface area contributed by atoms with Gasteiger partial charge in [0.1, 0.15) is 5.82 Å². The molecule has 0 spiro atoms. The average Bonchev–Trinajstić information content (AvgIpc) is 2.68. The monoisotopic (exact) mass is 346 g/mol. The van der Waals surface area contributed by atoms with Gasteiger partial charge >= 0.3 is 0 Å². The minimum Gasteiger partial charge on any atom is -0.309 e. The Hall–Kier alpha value is -2.70. The Morgan fingerprint density at radius 3 is 1.72 bits per heavy atom. The van der Waals surface area contributed by atoms with Crippen molar-refractivity contribution in [2.24, 2.45) is 0 Å². The van der Waals surface area contributed by atoms with Gasteiger partial charge in [-0.2, -0.15) is 0 Å². The van der Waals surface area contributed by atoms with Gasteiger partial charge in [-0.25, -0.2) is 4.39 Å². The molecule has 4 aromatic carbocycles. The van der Waals surface area contributed by atoms with Crippen LogP contribution in [0.5, 0.6) is 0 Å². The maximum absolute atomic E-state index is 14.7. The van der Waals surface area contributed by atoms with E-state index in [9.17, 15) is 8.96 Å². The van der Waals surface area contributed by atoms with E-state index in [1.54, 1.807) is 12.1 Å². The van der Waals surface area contributed by atoms with E-state index in [0.717, 1.165) is 5.39 Å². The largest absolute Gasteiger partial charge is 0.309 e. The van der Waals surface area contributed by atoms with Crippen molar-refractivity contribution in [2.45, 2.75) is 0 Å². The third-order valence-electron chi connectivity index (χ3n) is 4.40. The number of rotatable bonds is 3. The van der Waals surface area contributed by atoms with Crippen LogP contribution in [0, 0.1) is 5.82 Å². The molecule has 0 atom stereocenters. The highest BCUT2D eigenvalue weighted by atomic mass is 31.2. The maximum Gasteiger partial charge on any atom is 0.171 e. The van der Waals surface area contributed by atoms with Crippen LogP contribution in [-0.2, 0) is 4.57 Å². The lowest BCUT2D eigenvalue weighted by atomic mass is 10.1. The number of halogens is 1. The quantitative estimate of drug-likeness (QED) is 0.495. The van der Waals surface area contributed by atoms with Gasteiger partial charge in [-0.3, -0.25) is 0 Å². The van der Waals surface area contributed by atoms with Crippen molar-refractivity contribution >= 4 is 33.8 Å². The summed E-state index contributed by atoms with van der Waals surface area (Å²) in [5, 5.41) is 3.22. The van der Waals surface area contributed by atoms with Gasteiger partial charge in [-0.15, -0.1) is 0 Å². The van der Waals surface area contributed by atoms with Crippen LogP contribution in [0.25, 0.3) is 10.8 Å². The first-order valence-electron chi connectivity index (χ1n) is 8.10. The predicted molar refractivity (Wildman–Crippen MR) is 103 cm³/mol. The first kappa shape index (κ1) is 15.8. The normalized spacial score (nSPS) is 11.6. The topological polar surface area (TPSA) is 17.1 Å². The van der Waals surface area contributed by atoms with E-state index >= 15 is 0 Å². The highest BCUT2D eigenvalue weighted by Gasteiger charge is 2.30. The zero-order valence-electron chi connectivity index (χ0n) is 13.5. The van der Waals surface area contributed by atoms with Gasteiger partial charge in [0, 0.05) is 21.3 Å². The lowest BCUT2D eigenvalue weighted by Gasteiger charge is -2.20. The third-order valence-corrected chi connectivity index (χ3v) is 7.44. The standard InChI is InChI=1S/C22H16FOP/c23-22-16-20(15-17-9-7-8-14-21(17)22)25(24,18-10-3-1-4-11-18)19-12-5-2-6-13-19/h1-16H. The molecule has 4 aromatic rings. The van der Waals surface area contributed by atoms with Crippen LogP contribution >= 0.6 is 7.14 Å². The Morgan fingerprint density at radius 2 is 1.12 bits per heavy atom. The van der Waals surface area contributed by atoms with Crippen molar-refractivity contribution in [3.05, 3.63) is 103 Å². The van der Waals surface area contributed by atoms with Gasteiger partial charge in [0.05, 0.1) is 0 Å². The number of fused-ring (bicyclic) bond motifs is 1. The summed E-state index contributed by atoms with van der Waals surface area (Å²) in [6.45, 7) is 0. The second kappa shape index (κ2) is 6.31. The zero-order valence-corrected chi connectivity index (χ0v) is 14.4. The fraction of sp³-hybridized carbons (Fsp3) is 0. The molecule has 0 fully saturated rings. The van der Waals surface area contributed by atoms with Gasteiger partial charge in [-0.05, 0) is 17.5 Å². The SMILES string of the molecule is O=P(c1ccccc1)(c1ccccc1)c1cc(F)c2ccccc2c1. The molecular weight excluding hydrogens is 330 g/mol. The summed E-state index contributed by atoms with van der Waals surface area (Å²) in [5.41, 5.74) is 0. The van der Waals surface area contributed by atoms with Crippen LogP contribution in [0.1, 0.15) is 0 Å². The minimum atomic E-state index is -3.15. The Balaban J connectivity index is 2.04. The van der Waals surface area contributed by atoms with Crippen LogP contribution in [0.15, 0.2) is 97.1 Å². The summed E-state index contributed by atoms with van der Waals surface area (Å²) in [6, 6.07) is 29.1. The molecule has 4 rings (SSSR count). The molecule has 0 saturated carbocycles. The molecule has 0 aromatic heterocycles. The van der Waals surface area contributed by atoms with Crippen molar-refractivity contribution in [1.29, 1.82) is 0 Å². The first-order valence-corrected chi connectivity index (χ1v) is 9.80. The zero-order chi connectivity index (χ0) is 17.3. The van der Waals surface area contributed by atoms with Crippen molar-refractivity contribution in [3.63, 3.8) is 0 Å². The molecule has 0 saturated heterocycles. The van der Waals surface area contributed by atoms with E-state index in [1.165, 1.54) is 6.07 Å². The third kappa shape index (κ3) is 2.69. The van der Waals surface area contributed by atoms with Crippen molar-refractivity contribution in [3.8, 4) is 0 Å². The molecular formula is C22H16FOP. The van der Waals surface area contributed by atoms with E-state index in [4.69, 9.17) is 0 Å². The average molecular weight is 346 g/mol. The number of hydrogen-bond donors (Lipinski definition) is 0. The molecule has 0 N–H and O–H groups in total. The molecule has 0 unspecified atom stereocenters. The van der Waals surface area contributed by atoms with Crippen LogP contribution in [0.2, 0.25) is 0 Å². The summed E-state index contributed by atoms with van der Waals surface area (Å²) in [6.07, 6.45) is 0. The smallest absolute Gasteiger partial charge is 0.171 e. The van der Waals surface area contributed by atoms with Gasteiger partial charge in [0.2, 0.25) is 0 Å². The summed E-state index contributed by atoms with van der Waals surface area (Å²) in [4.78, 5) is 0. The molecule has 0 amide bonds. The van der Waals surface area contributed by atoms with Crippen molar-refractivity contribution in [1.82, 2.24) is 0 Å². The predicted octanol–water partition coefficient (Wildman–Crippen LogP) is 4.62. The van der Waals surface area contributed by atoms with Crippen molar-refractivity contribution in [2.75, 3.05) is 0 Å². The van der Waals surface area contributed by atoms with E-state index in [-0.39, 0.29) is 5.82 Å². The Labute approximate surface area is 146 Å². The van der Waals surface area contributed by atoms with Gasteiger partial charge in [0.15, 0.2) is 7.14 Å². The lowest BCUT2D eigenvalue weighted by molar-refractivity contribution is 0.592. The molecule has 0 heterocycles. The Morgan fingerprint density at radius 1 is 0.600 bits per heavy atom. The van der Waals surface area contributed by atoms with Gasteiger partial charge < -0.3 is 4.57 Å². The molecule has 0 aliphatic heterocycles. The fourth-order valence-corrected chi connectivity index (χ4v) is 5.85. The van der Waals surface area contributed by atoms with Gasteiger partial charge in [0.25, 0.3) is 0 Å². The van der Waals surface area contributed by atoms with Crippen molar-refractivity contribution < 1.29 is 8.96 Å². The first-order chi connectivity index (χ1) is 12.2.